The molecule has 0 spiro atoms. The molecule has 1 saturated heterocycles. The third-order valence-electron chi connectivity index (χ3n) is 13.3. The summed E-state index contributed by atoms with van der Waals surface area (Å²) in [7, 11) is 0. The minimum atomic E-state index is -2.17. The Labute approximate surface area is 293 Å². The number of allylic oxidation sites excluding steroid dienone is 2. The van der Waals surface area contributed by atoms with E-state index in [0.717, 1.165) is 18.6 Å². The second-order valence-electron chi connectivity index (χ2n) is 17.4. The molecule has 5 rings (SSSR count). The molecule has 50 heavy (non-hydrogen) atoms. The number of hydrogen-bond donors (Lipinski definition) is 4. The maximum absolute atomic E-state index is 14.8. The first-order valence-electron chi connectivity index (χ1n) is 17.6. The molecule has 0 aromatic rings. The van der Waals surface area contributed by atoms with Gasteiger partial charge in [-0.2, -0.15) is 0 Å². The van der Waals surface area contributed by atoms with Crippen LogP contribution in [0.1, 0.15) is 94.9 Å². The average Bonchev–Trinajstić information content (AvgIpc) is 3.21. The first-order chi connectivity index (χ1) is 22.7. The lowest BCUT2D eigenvalue weighted by Gasteiger charge is -2.64. The second kappa shape index (κ2) is 12.2. The molecule has 4 aliphatic carbocycles. The van der Waals surface area contributed by atoms with Crippen LogP contribution in [0, 0.1) is 39.4 Å². The number of carbonyl (C=O) groups is 5. The zero-order valence-corrected chi connectivity index (χ0v) is 30.8. The average molecular weight is 703 g/mol. The largest absolute Gasteiger partial charge is 0.449 e. The van der Waals surface area contributed by atoms with Gasteiger partial charge in [-0.3, -0.25) is 24.0 Å². The van der Waals surface area contributed by atoms with Crippen molar-refractivity contribution in [3.63, 3.8) is 0 Å². The lowest BCUT2D eigenvalue weighted by Crippen LogP contribution is -2.65. The van der Waals surface area contributed by atoms with Crippen LogP contribution in [-0.4, -0.2) is 97.5 Å². The van der Waals surface area contributed by atoms with E-state index in [1.165, 1.54) is 33.8 Å². The van der Waals surface area contributed by atoms with Gasteiger partial charge in [0, 0.05) is 30.1 Å². The van der Waals surface area contributed by atoms with Gasteiger partial charge in [-0.05, 0) is 89.5 Å². The van der Waals surface area contributed by atoms with Crippen LogP contribution in [0.3, 0.4) is 0 Å². The molecular formula is C38H54O12. The quantitative estimate of drug-likeness (QED) is 0.172. The van der Waals surface area contributed by atoms with Crippen LogP contribution < -0.4 is 0 Å². The van der Waals surface area contributed by atoms with Gasteiger partial charge in [0.15, 0.2) is 11.6 Å². The minimum Gasteiger partial charge on any atom is -0.449 e. The summed E-state index contributed by atoms with van der Waals surface area (Å²) >= 11 is 0. The van der Waals surface area contributed by atoms with Crippen LogP contribution in [0.25, 0.3) is 0 Å². The van der Waals surface area contributed by atoms with Gasteiger partial charge < -0.3 is 34.6 Å². The Morgan fingerprint density at radius 3 is 2.22 bits per heavy atom. The summed E-state index contributed by atoms with van der Waals surface area (Å²) in [6, 6.07) is 0. The number of Topliss-reactive ketones (excluding diaryl/α,β-unsaturated/α-hetero) is 3. The van der Waals surface area contributed by atoms with E-state index in [4.69, 9.17) is 14.2 Å². The summed E-state index contributed by atoms with van der Waals surface area (Å²) in [5.74, 6) is -4.63. The molecule has 12 nitrogen and oxygen atoms in total. The Kier molecular flexibility index (Phi) is 9.45. The monoisotopic (exact) mass is 702 g/mol. The molecule has 4 N–H and O–H groups in total. The van der Waals surface area contributed by atoms with Crippen molar-refractivity contribution in [3.05, 3.63) is 23.8 Å². The van der Waals surface area contributed by atoms with E-state index in [1.54, 1.807) is 13.8 Å². The minimum absolute atomic E-state index is 0.0686. The zero-order chi connectivity index (χ0) is 37.7. The van der Waals surface area contributed by atoms with Crippen LogP contribution in [0.15, 0.2) is 23.8 Å². The first-order valence-corrected chi connectivity index (χ1v) is 17.6. The van der Waals surface area contributed by atoms with Crippen molar-refractivity contribution in [1.82, 2.24) is 0 Å². The van der Waals surface area contributed by atoms with E-state index < -0.39 is 99.0 Å². The van der Waals surface area contributed by atoms with Crippen molar-refractivity contribution in [3.8, 4) is 0 Å². The third-order valence-corrected chi connectivity index (χ3v) is 13.3. The van der Waals surface area contributed by atoms with Gasteiger partial charge in [0.25, 0.3) is 0 Å². The Hall–Kier alpha value is -2.61. The van der Waals surface area contributed by atoms with E-state index in [2.05, 4.69) is 0 Å². The molecular weight excluding hydrogens is 648 g/mol. The van der Waals surface area contributed by atoms with Gasteiger partial charge in [-0.15, -0.1) is 0 Å². The fourth-order valence-electron chi connectivity index (χ4n) is 10.5. The SMILES string of the molecule is CC(=O)OC1C(=O)C(O)C(C)OC1OC1CC2(C)C3CC=C4C(CC(O)C(=O)C4(C)C)C3(C)C(=O)CC2(C)C1C(C)(O)C(=O)/C=C/C(C)(C)O. The number of carbonyl (C=O) groups excluding carboxylic acids is 5. The molecule has 0 aromatic carbocycles. The fourth-order valence-corrected chi connectivity index (χ4v) is 10.5. The lowest BCUT2D eigenvalue weighted by atomic mass is 9.38. The van der Waals surface area contributed by atoms with Gasteiger partial charge in [-0.1, -0.05) is 38.5 Å². The summed E-state index contributed by atoms with van der Waals surface area (Å²) in [5.41, 5.74) is -6.58. The van der Waals surface area contributed by atoms with Crippen molar-refractivity contribution in [1.29, 1.82) is 0 Å². The Morgan fingerprint density at radius 1 is 1.02 bits per heavy atom. The molecule has 3 saturated carbocycles. The van der Waals surface area contributed by atoms with Gasteiger partial charge >= 0.3 is 5.97 Å². The second-order valence-corrected chi connectivity index (χ2v) is 17.4. The molecule has 12 heteroatoms. The van der Waals surface area contributed by atoms with Gasteiger partial charge in [0.2, 0.25) is 18.2 Å². The molecule has 1 heterocycles. The Morgan fingerprint density at radius 2 is 1.64 bits per heavy atom. The van der Waals surface area contributed by atoms with E-state index in [9.17, 15) is 44.4 Å². The number of fused-ring (bicyclic) bond motifs is 5. The van der Waals surface area contributed by atoms with Crippen LogP contribution in [0.4, 0.5) is 0 Å². The maximum Gasteiger partial charge on any atom is 0.303 e. The van der Waals surface area contributed by atoms with Crippen LogP contribution >= 0.6 is 0 Å². The predicted octanol–water partition coefficient (Wildman–Crippen LogP) is 2.56. The van der Waals surface area contributed by atoms with Crippen molar-refractivity contribution in [2.75, 3.05) is 0 Å². The number of ketones is 4. The molecule has 0 aromatic heterocycles. The number of hydrogen-bond acceptors (Lipinski definition) is 12. The fraction of sp³-hybridized carbons (Fsp3) is 0.763. The molecule has 4 fully saturated rings. The topological polar surface area (TPSA) is 194 Å². The summed E-state index contributed by atoms with van der Waals surface area (Å²) < 4.78 is 17.8. The standard InChI is InChI=1S/C38H54O12/c1-18-27(43)28(44)29(49-19(2)39)32(48-18)50-23-16-35(7)24-12-11-20-21(15-22(40)31(45)34(20,5)6)37(24,9)26(42)17-36(35,8)30(23)38(10,47)25(41)13-14-33(3,4)46/h11,13-14,18,21-24,27,29-30,32,40,43,46-47H,12,15-17H2,1-10H3/b14-13+. The van der Waals surface area contributed by atoms with Crippen LogP contribution in [0.2, 0.25) is 0 Å². The molecule has 0 radical (unpaired) electrons. The van der Waals surface area contributed by atoms with Crippen LogP contribution in [0.5, 0.6) is 0 Å². The number of aliphatic hydroxyl groups excluding tert-OH is 2. The molecule has 13 atom stereocenters. The van der Waals surface area contributed by atoms with Gasteiger partial charge in [0.1, 0.15) is 23.6 Å². The van der Waals surface area contributed by atoms with E-state index in [0.29, 0.717) is 6.42 Å². The van der Waals surface area contributed by atoms with Crippen LogP contribution in [-0.2, 0) is 38.2 Å². The molecule has 0 bridgehead atoms. The zero-order valence-electron chi connectivity index (χ0n) is 30.8. The van der Waals surface area contributed by atoms with Crippen molar-refractivity contribution in [2.24, 2.45) is 39.4 Å². The summed E-state index contributed by atoms with van der Waals surface area (Å²) in [4.78, 5) is 67.1. The highest BCUT2D eigenvalue weighted by Gasteiger charge is 2.75. The van der Waals surface area contributed by atoms with E-state index >= 15 is 0 Å². The normalized spacial score (nSPS) is 44.2. The van der Waals surface area contributed by atoms with Gasteiger partial charge in [0.05, 0.1) is 17.8 Å². The highest BCUT2D eigenvalue weighted by molar-refractivity contribution is 5.98. The molecule has 1 aliphatic heterocycles. The molecule has 5 aliphatic rings. The van der Waals surface area contributed by atoms with Gasteiger partial charge in [-0.25, -0.2) is 0 Å². The summed E-state index contributed by atoms with van der Waals surface area (Å²) in [6.07, 6.45) is -2.96. The highest BCUT2D eigenvalue weighted by Crippen LogP contribution is 2.74. The lowest BCUT2D eigenvalue weighted by molar-refractivity contribution is -0.274. The summed E-state index contributed by atoms with van der Waals surface area (Å²) in [6.45, 7) is 16.2. The number of aliphatic hydroxyl groups is 4. The van der Waals surface area contributed by atoms with Crippen molar-refractivity contribution >= 4 is 29.1 Å². The molecule has 278 valence electrons. The number of esters is 1. The molecule has 0 amide bonds. The first kappa shape index (κ1) is 38.6. The van der Waals surface area contributed by atoms with E-state index in [-0.39, 0.29) is 36.7 Å². The Bertz CT molecular complexity index is 1530. The predicted molar refractivity (Wildman–Crippen MR) is 178 cm³/mol. The third kappa shape index (κ3) is 5.69. The number of ether oxygens (including phenoxy) is 3. The number of rotatable bonds is 7. The van der Waals surface area contributed by atoms with Crippen molar-refractivity contribution in [2.45, 2.75) is 143 Å². The van der Waals surface area contributed by atoms with Crippen molar-refractivity contribution < 1.29 is 58.6 Å². The summed E-state index contributed by atoms with van der Waals surface area (Å²) in [5, 5.41) is 44.1. The smallest absolute Gasteiger partial charge is 0.303 e. The molecule has 13 unspecified atom stereocenters. The Balaban J connectivity index is 1.65. The highest BCUT2D eigenvalue weighted by atomic mass is 16.7. The maximum atomic E-state index is 14.8. The van der Waals surface area contributed by atoms with E-state index in [1.807, 2.05) is 26.8 Å².